The van der Waals surface area contributed by atoms with Gasteiger partial charge in [0.1, 0.15) is 0 Å². The third-order valence-electron chi connectivity index (χ3n) is 4.19. The Bertz CT molecular complexity index is 289. The number of nitrogens with one attached hydrogen (secondary N) is 1. The molecule has 0 heterocycles. The Morgan fingerprint density at radius 2 is 1.95 bits per heavy atom. The Kier molecular flexibility index (Phi) is 7.52. The molecule has 0 aromatic heterocycles. The van der Waals surface area contributed by atoms with Gasteiger partial charge in [0, 0.05) is 18.6 Å². The van der Waals surface area contributed by atoms with Gasteiger partial charge in [0.05, 0.1) is 6.54 Å². The van der Waals surface area contributed by atoms with E-state index in [9.17, 15) is 4.79 Å². The molecular formula is C16H33N3O. The average molecular weight is 283 g/mol. The molecule has 2 atom stereocenters. The van der Waals surface area contributed by atoms with Crippen molar-refractivity contribution in [2.24, 2.45) is 17.6 Å². The summed E-state index contributed by atoms with van der Waals surface area (Å²) in [6, 6.07) is 0.642. The molecule has 20 heavy (non-hydrogen) atoms. The molecule has 4 heteroatoms. The third kappa shape index (κ3) is 6.71. The zero-order valence-electron chi connectivity index (χ0n) is 13.7. The van der Waals surface area contributed by atoms with Gasteiger partial charge in [-0.1, -0.05) is 26.7 Å². The predicted molar refractivity (Wildman–Crippen MR) is 84.5 cm³/mol. The van der Waals surface area contributed by atoms with E-state index in [0.717, 1.165) is 12.3 Å². The van der Waals surface area contributed by atoms with Crippen molar-refractivity contribution in [2.75, 3.05) is 20.1 Å². The second-order valence-corrected chi connectivity index (χ2v) is 6.85. The lowest BCUT2D eigenvalue weighted by Gasteiger charge is -2.27. The molecule has 1 aliphatic rings. The van der Waals surface area contributed by atoms with Gasteiger partial charge >= 0.3 is 0 Å². The highest BCUT2D eigenvalue weighted by Crippen LogP contribution is 2.34. The maximum Gasteiger partial charge on any atom is 0.234 e. The topological polar surface area (TPSA) is 58.4 Å². The molecule has 118 valence electrons. The lowest BCUT2D eigenvalue weighted by Crippen LogP contribution is -2.46. The average Bonchev–Trinajstić information content (AvgIpc) is 3.13. The van der Waals surface area contributed by atoms with E-state index in [1.807, 2.05) is 7.05 Å². The van der Waals surface area contributed by atoms with E-state index in [1.54, 1.807) is 0 Å². The van der Waals surface area contributed by atoms with Crippen LogP contribution in [0.1, 0.15) is 52.9 Å². The first-order chi connectivity index (χ1) is 9.43. The van der Waals surface area contributed by atoms with Gasteiger partial charge < -0.3 is 11.1 Å². The summed E-state index contributed by atoms with van der Waals surface area (Å²) in [5, 5.41) is 3.10. The number of nitrogens with zero attached hydrogens (tertiary/aromatic N) is 1. The van der Waals surface area contributed by atoms with Crippen molar-refractivity contribution in [3.63, 3.8) is 0 Å². The van der Waals surface area contributed by atoms with Crippen LogP contribution in [0.5, 0.6) is 0 Å². The fourth-order valence-electron chi connectivity index (χ4n) is 2.78. The molecule has 1 rings (SSSR count). The summed E-state index contributed by atoms with van der Waals surface area (Å²) < 4.78 is 0. The summed E-state index contributed by atoms with van der Waals surface area (Å²) in [5.74, 6) is 1.58. The number of nitrogens with two attached hydrogens (primary N) is 1. The molecule has 1 fully saturated rings. The van der Waals surface area contributed by atoms with Gasteiger partial charge in [-0.25, -0.2) is 0 Å². The van der Waals surface area contributed by atoms with Gasteiger partial charge in [-0.3, -0.25) is 9.69 Å². The van der Waals surface area contributed by atoms with Gasteiger partial charge in [0.25, 0.3) is 0 Å². The highest BCUT2D eigenvalue weighted by molar-refractivity contribution is 5.78. The maximum atomic E-state index is 12.0. The third-order valence-corrected chi connectivity index (χ3v) is 4.19. The van der Waals surface area contributed by atoms with Crippen molar-refractivity contribution < 1.29 is 4.79 Å². The Morgan fingerprint density at radius 1 is 1.30 bits per heavy atom. The number of likely N-dealkylation sites (N-methyl/N-ethyl adjacent to an activating group) is 1. The Morgan fingerprint density at radius 3 is 2.45 bits per heavy atom. The van der Waals surface area contributed by atoms with Crippen molar-refractivity contribution in [1.82, 2.24) is 10.2 Å². The monoisotopic (exact) mass is 283 g/mol. The molecule has 1 aliphatic carbocycles. The van der Waals surface area contributed by atoms with Crippen molar-refractivity contribution in [2.45, 2.75) is 65.0 Å². The van der Waals surface area contributed by atoms with Crippen LogP contribution in [0.4, 0.5) is 0 Å². The second-order valence-electron chi connectivity index (χ2n) is 6.85. The van der Waals surface area contributed by atoms with E-state index in [2.05, 4.69) is 31.0 Å². The van der Waals surface area contributed by atoms with E-state index < -0.39 is 0 Å². The molecule has 2 unspecified atom stereocenters. The summed E-state index contributed by atoms with van der Waals surface area (Å²) in [6.07, 6.45) is 6.01. The van der Waals surface area contributed by atoms with Crippen LogP contribution < -0.4 is 11.1 Å². The van der Waals surface area contributed by atoms with Crippen LogP contribution in [0.25, 0.3) is 0 Å². The second kappa shape index (κ2) is 8.63. The van der Waals surface area contributed by atoms with Crippen LogP contribution in [0.2, 0.25) is 0 Å². The minimum absolute atomic E-state index is 0.128. The molecule has 0 spiro atoms. The van der Waals surface area contributed by atoms with Crippen LogP contribution in [-0.4, -0.2) is 43.0 Å². The van der Waals surface area contributed by atoms with E-state index in [4.69, 9.17) is 5.73 Å². The molecule has 4 nitrogen and oxygen atoms in total. The van der Waals surface area contributed by atoms with E-state index >= 15 is 0 Å². The molecule has 0 saturated heterocycles. The van der Waals surface area contributed by atoms with Crippen LogP contribution in [0.3, 0.4) is 0 Å². The number of amides is 1. The van der Waals surface area contributed by atoms with Gasteiger partial charge in [-0.15, -0.1) is 0 Å². The van der Waals surface area contributed by atoms with Crippen LogP contribution in [0, 0.1) is 11.8 Å². The normalized spacial score (nSPS) is 18.4. The Labute approximate surface area is 124 Å². The summed E-state index contributed by atoms with van der Waals surface area (Å²) >= 11 is 0. The SMILES string of the molecule is CC(C)CCCC(C)NC(=O)CN(C)C(CN)C1CC1. The number of hydrogen-bond acceptors (Lipinski definition) is 3. The lowest BCUT2D eigenvalue weighted by molar-refractivity contribution is -0.123. The summed E-state index contributed by atoms with van der Waals surface area (Å²) in [7, 11) is 2.01. The zero-order valence-corrected chi connectivity index (χ0v) is 13.7. The molecule has 3 N–H and O–H groups in total. The lowest BCUT2D eigenvalue weighted by atomic mass is 10.0. The standard InChI is InChI=1S/C16H33N3O/c1-12(2)6-5-7-13(3)18-16(20)11-19(4)15(10-17)14-8-9-14/h12-15H,5-11,17H2,1-4H3,(H,18,20). The minimum atomic E-state index is 0.128. The van der Waals surface area contributed by atoms with Crippen LogP contribution in [-0.2, 0) is 4.79 Å². The molecule has 0 aromatic rings. The van der Waals surface area contributed by atoms with Crippen molar-refractivity contribution in [3.8, 4) is 0 Å². The minimum Gasteiger partial charge on any atom is -0.353 e. The van der Waals surface area contributed by atoms with Gasteiger partial charge in [-0.05, 0) is 45.1 Å². The first-order valence-corrected chi connectivity index (χ1v) is 8.13. The van der Waals surface area contributed by atoms with Crippen molar-refractivity contribution in [3.05, 3.63) is 0 Å². The Hall–Kier alpha value is -0.610. The smallest absolute Gasteiger partial charge is 0.234 e. The summed E-state index contributed by atoms with van der Waals surface area (Å²) in [5.41, 5.74) is 5.81. The number of hydrogen-bond donors (Lipinski definition) is 2. The molecule has 0 aliphatic heterocycles. The van der Waals surface area contributed by atoms with E-state index in [0.29, 0.717) is 25.0 Å². The predicted octanol–water partition coefficient (Wildman–Crippen LogP) is 1.99. The molecular weight excluding hydrogens is 250 g/mol. The quantitative estimate of drug-likeness (QED) is 0.644. The van der Waals surface area contributed by atoms with E-state index in [1.165, 1.54) is 25.7 Å². The number of carbonyl (C=O) groups is 1. The van der Waals surface area contributed by atoms with E-state index in [-0.39, 0.29) is 11.9 Å². The van der Waals surface area contributed by atoms with Crippen LogP contribution in [0.15, 0.2) is 0 Å². The molecule has 0 bridgehead atoms. The number of carbonyl (C=O) groups excluding carboxylic acids is 1. The van der Waals surface area contributed by atoms with Gasteiger partial charge in [0.2, 0.25) is 5.91 Å². The number of rotatable bonds is 10. The largest absolute Gasteiger partial charge is 0.353 e. The molecule has 1 saturated carbocycles. The zero-order chi connectivity index (χ0) is 15.1. The molecule has 1 amide bonds. The van der Waals surface area contributed by atoms with Crippen LogP contribution >= 0.6 is 0 Å². The van der Waals surface area contributed by atoms with Crippen molar-refractivity contribution >= 4 is 5.91 Å². The summed E-state index contributed by atoms with van der Waals surface area (Å²) in [4.78, 5) is 14.1. The van der Waals surface area contributed by atoms with Gasteiger partial charge in [0.15, 0.2) is 0 Å². The first-order valence-electron chi connectivity index (χ1n) is 8.13. The van der Waals surface area contributed by atoms with Crippen molar-refractivity contribution in [1.29, 1.82) is 0 Å². The first kappa shape index (κ1) is 17.4. The highest BCUT2D eigenvalue weighted by Gasteiger charge is 2.33. The highest BCUT2D eigenvalue weighted by atomic mass is 16.2. The van der Waals surface area contributed by atoms with Gasteiger partial charge in [-0.2, -0.15) is 0 Å². The molecule has 0 aromatic carbocycles. The maximum absolute atomic E-state index is 12.0. The fraction of sp³-hybridized carbons (Fsp3) is 0.938. The Balaban J connectivity index is 2.20. The molecule has 0 radical (unpaired) electrons. The fourth-order valence-corrected chi connectivity index (χ4v) is 2.78. The summed E-state index contributed by atoms with van der Waals surface area (Å²) in [6.45, 7) is 7.69.